The minimum absolute atomic E-state index is 0. The van der Waals surface area contributed by atoms with Crippen molar-refractivity contribution >= 4 is 28.3 Å². The lowest BCUT2D eigenvalue weighted by Gasteiger charge is -2.10. The van der Waals surface area contributed by atoms with Crippen molar-refractivity contribution < 1.29 is 26.4 Å². The largest absolute Gasteiger partial charge is 0.416 e. The number of benzene rings is 1. The lowest BCUT2D eigenvalue weighted by atomic mass is 10.2. The first kappa shape index (κ1) is 23.6. The summed E-state index contributed by atoms with van der Waals surface area (Å²) in [5, 5.41) is 5.54. The number of carbonyl (C=O) groups excluding carboxylic acids is 1. The van der Waals surface area contributed by atoms with Crippen molar-refractivity contribution in [1.82, 2.24) is 15.4 Å². The third-order valence-electron chi connectivity index (χ3n) is 2.95. The van der Waals surface area contributed by atoms with E-state index in [1.807, 2.05) is 11.6 Å². The molecule has 0 saturated heterocycles. The first-order valence-corrected chi connectivity index (χ1v) is 8.79. The van der Waals surface area contributed by atoms with Gasteiger partial charge in [-0.1, -0.05) is 13.0 Å². The Morgan fingerprint density at radius 3 is 2.44 bits per heavy atom. The van der Waals surface area contributed by atoms with Gasteiger partial charge >= 0.3 is 6.18 Å². The van der Waals surface area contributed by atoms with Crippen LogP contribution in [0.25, 0.3) is 0 Å². The van der Waals surface area contributed by atoms with Gasteiger partial charge in [0.1, 0.15) is 0 Å². The number of halogens is 4. The highest BCUT2D eigenvalue weighted by Crippen LogP contribution is 2.30. The van der Waals surface area contributed by atoms with E-state index in [0.29, 0.717) is 19.2 Å². The lowest BCUT2D eigenvalue weighted by Crippen LogP contribution is -2.39. The van der Waals surface area contributed by atoms with E-state index in [9.17, 15) is 26.4 Å². The molecule has 0 heterocycles. The number of amides is 1. The summed E-state index contributed by atoms with van der Waals surface area (Å²) in [4.78, 5) is 11.0. The summed E-state index contributed by atoms with van der Waals surface area (Å²) in [6.45, 7) is 3.11. The molecule has 0 unspecified atom stereocenters. The van der Waals surface area contributed by atoms with E-state index in [2.05, 4.69) is 10.6 Å². The molecule has 3 N–H and O–H groups in total. The molecule has 0 aliphatic carbocycles. The molecule has 0 aromatic heterocycles. The Bertz CT molecular complexity index is 654. The van der Waals surface area contributed by atoms with E-state index >= 15 is 0 Å². The first-order valence-electron chi connectivity index (χ1n) is 7.31. The van der Waals surface area contributed by atoms with Gasteiger partial charge in [-0.05, 0) is 31.2 Å². The molecule has 6 nitrogen and oxygen atoms in total. The van der Waals surface area contributed by atoms with Crippen molar-refractivity contribution in [2.24, 2.45) is 0 Å². The van der Waals surface area contributed by atoms with Gasteiger partial charge in [0.05, 0.1) is 17.0 Å². The number of carbonyl (C=O) groups is 1. The summed E-state index contributed by atoms with van der Waals surface area (Å²) in [7, 11) is -4.20. The van der Waals surface area contributed by atoms with Crippen LogP contribution in [-0.4, -0.2) is 40.5 Å². The van der Waals surface area contributed by atoms with Gasteiger partial charge in [-0.15, -0.1) is 12.4 Å². The number of nitrogens with one attached hydrogen (secondary N) is 3. The molecule has 0 spiro atoms. The van der Waals surface area contributed by atoms with Gasteiger partial charge < -0.3 is 10.6 Å². The summed E-state index contributed by atoms with van der Waals surface area (Å²) in [5.41, 5.74) is -1.07. The smallest absolute Gasteiger partial charge is 0.354 e. The fourth-order valence-electron chi connectivity index (χ4n) is 1.74. The molecule has 25 heavy (non-hydrogen) atoms. The molecular formula is C14H21ClF3N3O3S. The van der Waals surface area contributed by atoms with E-state index < -0.39 is 39.1 Å². The molecule has 0 aliphatic rings. The van der Waals surface area contributed by atoms with Crippen LogP contribution in [-0.2, 0) is 21.0 Å². The van der Waals surface area contributed by atoms with Crippen LogP contribution in [0.5, 0.6) is 0 Å². The second-order valence-corrected chi connectivity index (χ2v) is 6.72. The lowest BCUT2D eigenvalue weighted by molar-refractivity contribution is -0.137. The molecule has 144 valence electrons. The van der Waals surface area contributed by atoms with Crippen molar-refractivity contribution in [3.63, 3.8) is 0 Å². The van der Waals surface area contributed by atoms with E-state index in [1.54, 1.807) is 0 Å². The quantitative estimate of drug-likeness (QED) is 0.546. The highest BCUT2D eigenvalue weighted by molar-refractivity contribution is 7.89. The Labute approximate surface area is 151 Å². The summed E-state index contributed by atoms with van der Waals surface area (Å²) < 4.78 is 63.7. The predicted molar refractivity (Wildman–Crippen MR) is 90.1 cm³/mol. The van der Waals surface area contributed by atoms with E-state index in [1.165, 1.54) is 0 Å². The molecule has 0 aliphatic heterocycles. The summed E-state index contributed by atoms with van der Waals surface area (Å²) in [6.07, 6.45) is -3.70. The zero-order valence-corrected chi connectivity index (χ0v) is 15.2. The second-order valence-electron chi connectivity index (χ2n) is 4.95. The number of alkyl halides is 3. The van der Waals surface area contributed by atoms with Crippen LogP contribution < -0.4 is 15.4 Å². The Kier molecular flexibility index (Phi) is 10.0. The number of rotatable bonds is 9. The van der Waals surface area contributed by atoms with Gasteiger partial charge in [0.25, 0.3) is 0 Å². The number of hydrogen-bond acceptors (Lipinski definition) is 4. The van der Waals surface area contributed by atoms with Crippen LogP contribution >= 0.6 is 12.4 Å². The minimum atomic E-state index is -4.64. The molecule has 1 aromatic rings. The van der Waals surface area contributed by atoms with E-state index in [0.717, 1.165) is 31.2 Å². The van der Waals surface area contributed by atoms with Gasteiger partial charge in [-0.3, -0.25) is 4.79 Å². The van der Waals surface area contributed by atoms with Crippen molar-refractivity contribution in [3.05, 3.63) is 29.8 Å². The maximum atomic E-state index is 12.6. The summed E-state index contributed by atoms with van der Waals surface area (Å²) in [6, 6.07) is 3.32. The molecule has 1 rings (SSSR count). The summed E-state index contributed by atoms with van der Waals surface area (Å²) >= 11 is 0. The van der Waals surface area contributed by atoms with Crippen molar-refractivity contribution in [1.29, 1.82) is 0 Å². The Morgan fingerprint density at radius 1 is 1.16 bits per heavy atom. The van der Waals surface area contributed by atoms with Crippen LogP contribution in [0, 0.1) is 0 Å². The normalized spacial score (nSPS) is 11.7. The molecule has 0 bridgehead atoms. The van der Waals surface area contributed by atoms with Crippen LogP contribution in [0.1, 0.15) is 18.9 Å². The maximum absolute atomic E-state index is 12.6. The van der Waals surface area contributed by atoms with Crippen LogP contribution in [0.4, 0.5) is 13.2 Å². The standard InChI is InChI=1S/C14H20F3N3O3S.ClH/c1-2-6-18-7-8-19-13(21)10-20-24(22,23)12-5-3-4-11(9-12)14(15,16)17;/h3-5,9,18,20H,2,6-8,10H2,1H3,(H,19,21);1H. The topological polar surface area (TPSA) is 87.3 Å². The molecule has 0 atom stereocenters. The fourth-order valence-corrected chi connectivity index (χ4v) is 2.77. The number of hydrogen-bond donors (Lipinski definition) is 3. The molecule has 11 heteroatoms. The number of sulfonamides is 1. The van der Waals surface area contributed by atoms with Crippen molar-refractivity contribution in [3.8, 4) is 0 Å². The van der Waals surface area contributed by atoms with Crippen LogP contribution in [0.15, 0.2) is 29.2 Å². The molecule has 0 fully saturated rings. The van der Waals surface area contributed by atoms with Gasteiger partial charge in [0.2, 0.25) is 15.9 Å². The minimum Gasteiger partial charge on any atom is -0.354 e. The maximum Gasteiger partial charge on any atom is 0.416 e. The van der Waals surface area contributed by atoms with Crippen LogP contribution in [0.2, 0.25) is 0 Å². The van der Waals surface area contributed by atoms with Crippen molar-refractivity contribution in [2.45, 2.75) is 24.4 Å². The molecule has 0 radical (unpaired) electrons. The van der Waals surface area contributed by atoms with Crippen molar-refractivity contribution in [2.75, 3.05) is 26.2 Å². The van der Waals surface area contributed by atoms with Gasteiger partial charge in [0, 0.05) is 13.1 Å². The molecular weight excluding hydrogens is 383 g/mol. The van der Waals surface area contributed by atoms with E-state index in [4.69, 9.17) is 0 Å². The van der Waals surface area contributed by atoms with Crippen LogP contribution in [0.3, 0.4) is 0 Å². The summed E-state index contributed by atoms with van der Waals surface area (Å²) in [5.74, 6) is -0.566. The zero-order chi connectivity index (χ0) is 18.2. The zero-order valence-electron chi connectivity index (χ0n) is 13.5. The third-order valence-corrected chi connectivity index (χ3v) is 4.34. The van der Waals surface area contributed by atoms with Gasteiger partial charge in [-0.2, -0.15) is 13.2 Å². The third kappa shape index (κ3) is 8.52. The molecule has 1 aromatic carbocycles. The molecule has 1 amide bonds. The SMILES string of the molecule is CCCNCCNC(=O)CNS(=O)(=O)c1cccc(C(F)(F)F)c1.Cl. The van der Waals surface area contributed by atoms with E-state index in [-0.39, 0.29) is 12.4 Å². The first-order chi connectivity index (χ1) is 11.2. The van der Waals surface area contributed by atoms with Gasteiger partial charge in [-0.25, -0.2) is 13.1 Å². The highest BCUT2D eigenvalue weighted by Gasteiger charge is 2.31. The average Bonchev–Trinajstić information content (AvgIpc) is 2.52. The Morgan fingerprint density at radius 2 is 1.84 bits per heavy atom. The monoisotopic (exact) mass is 403 g/mol. The molecule has 0 saturated carbocycles. The Hall–Kier alpha value is -1.36. The highest BCUT2D eigenvalue weighted by atomic mass is 35.5. The fraction of sp³-hybridized carbons (Fsp3) is 0.500. The Balaban J connectivity index is 0.00000576. The van der Waals surface area contributed by atoms with Gasteiger partial charge in [0.15, 0.2) is 0 Å². The average molecular weight is 404 g/mol. The predicted octanol–water partition coefficient (Wildman–Crippen LogP) is 1.52. The second kappa shape index (κ2) is 10.6.